The molecular weight excluding hydrogens is 284 g/mol. The smallest absolute Gasteiger partial charge is 0.187 e. The van der Waals surface area contributed by atoms with Gasteiger partial charge in [0.05, 0.1) is 13.3 Å². The normalized spacial score (nSPS) is 10.3. The molecular formula is C15H16N4OS. The fourth-order valence-corrected chi connectivity index (χ4v) is 1.71. The molecule has 2 aromatic rings. The average Bonchev–Trinajstić information content (AvgIpc) is 2.54. The lowest BCUT2D eigenvalue weighted by molar-refractivity contribution is 0.414. The van der Waals surface area contributed by atoms with Crippen LogP contribution in [0, 0.1) is 0 Å². The summed E-state index contributed by atoms with van der Waals surface area (Å²) in [5, 5.41) is 7.60. The Morgan fingerprint density at radius 2 is 1.95 bits per heavy atom. The minimum Gasteiger partial charge on any atom is -0.497 e. The van der Waals surface area contributed by atoms with Gasteiger partial charge in [-0.25, -0.2) is 0 Å². The largest absolute Gasteiger partial charge is 0.497 e. The summed E-state index contributed by atoms with van der Waals surface area (Å²) < 4.78 is 5.11. The minimum absolute atomic E-state index is 0.469. The second kappa shape index (κ2) is 7.96. The van der Waals surface area contributed by atoms with Crippen molar-refractivity contribution in [2.24, 2.45) is 5.10 Å². The van der Waals surface area contributed by atoms with Crippen molar-refractivity contribution in [1.82, 2.24) is 15.7 Å². The van der Waals surface area contributed by atoms with Gasteiger partial charge in [-0.2, -0.15) is 5.10 Å². The summed E-state index contributed by atoms with van der Waals surface area (Å²) in [5.74, 6) is 0.835. The molecule has 0 aliphatic carbocycles. The zero-order chi connectivity index (χ0) is 14.9. The first-order valence-electron chi connectivity index (χ1n) is 6.38. The SMILES string of the molecule is COc1ccc(CNC(=S)N/N=C\c2ccncc2)cc1. The number of nitrogens with zero attached hydrogens (tertiary/aromatic N) is 2. The van der Waals surface area contributed by atoms with Gasteiger partial charge in [0.25, 0.3) is 0 Å². The minimum atomic E-state index is 0.469. The lowest BCUT2D eigenvalue weighted by atomic mass is 10.2. The first-order valence-corrected chi connectivity index (χ1v) is 6.78. The molecule has 2 rings (SSSR count). The van der Waals surface area contributed by atoms with E-state index in [1.54, 1.807) is 25.7 Å². The van der Waals surface area contributed by atoms with Crippen molar-refractivity contribution in [2.45, 2.75) is 6.54 Å². The number of rotatable bonds is 5. The van der Waals surface area contributed by atoms with Crippen LogP contribution in [0.1, 0.15) is 11.1 Å². The van der Waals surface area contributed by atoms with Crippen LogP contribution in [0.5, 0.6) is 5.75 Å². The molecule has 0 amide bonds. The van der Waals surface area contributed by atoms with Gasteiger partial charge in [-0.05, 0) is 47.6 Å². The molecule has 0 saturated carbocycles. The molecule has 0 aliphatic rings. The molecule has 0 fully saturated rings. The van der Waals surface area contributed by atoms with E-state index in [2.05, 4.69) is 20.8 Å². The van der Waals surface area contributed by atoms with E-state index in [-0.39, 0.29) is 0 Å². The Balaban J connectivity index is 1.75. The lowest BCUT2D eigenvalue weighted by Crippen LogP contribution is -2.31. The van der Waals surface area contributed by atoms with E-state index in [0.29, 0.717) is 11.7 Å². The highest BCUT2D eigenvalue weighted by molar-refractivity contribution is 7.80. The van der Waals surface area contributed by atoms with Crippen LogP contribution in [-0.2, 0) is 6.54 Å². The van der Waals surface area contributed by atoms with Crippen molar-refractivity contribution in [3.05, 3.63) is 59.9 Å². The highest BCUT2D eigenvalue weighted by Gasteiger charge is 1.96. The van der Waals surface area contributed by atoms with Crippen LogP contribution >= 0.6 is 12.2 Å². The number of hydrazone groups is 1. The molecule has 0 saturated heterocycles. The van der Waals surface area contributed by atoms with Crippen molar-refractivity contribution in [3.63, 3.8) is 0 Å². The van der Waals surface area contributed by atoms with Gasteiger partial charge in [0.15, 0.2) is 5.11 Å². The molecule has 1 heterocycles. The number of benzene rings is 1. The van der Waals surface area contributed by atoms with Gasteiger partial charge in [0.2, 0.25) is 0 Å². The Hall–Kier alpha value is -2.47. The maximum Gasteiger partial charge on any atom is 0.187 e. The van der Waals surface area contributed by atoms with Gasteiger partial charge in [-0.15, -0.1) is 0 Å². The molecule has 1 aromatic carbocycles. The van der Waals surface area contributed by atoms with E-state index < -0.39 is 0 Å². The Morgan fingerprint density at radius 1 is 1.24 bits per heavy atom. The molecule has 2 N–H and O–H groups in total. The van der Waals surface area contributed by atoms with Crippen LogP contribution < -0.4 is 15.5 Å². The Morgan fingerprint density at radius 3 is 2.62 bits per heavy atom. The summed E-state index contributed by atoms with van der Waals surface area (Å²) in [6, 6.07) is 11.5. The number of hydrogen-bond donors (Lipinski definition) is 2. The molecule has 6 heteroatoms. The second-order valence-electron chi connectivity index (χ2n) is 4.18. The number of methoxy groups -OCH3 is 1. The summed E-state index contributed by atoms with van der Waals surface area (Å²) in [4.78, 5) is 3.93. The molecule has 108 valence electrons. The van der Waals surface area contributed by atoms with Crippen LogP contribution in [0.15, 0.2) is 53.9 Å². The van der Waals surface area contributed by atoms with Gasteiger partial charge in [-0.3, -0.25) is 10.4 Å². The summed E-state index contributed by atoms with van der Waals surface area (Å²) >= 11 is 5.14. The van der Waals surface area contributed by atoms with Crippen molar-refractivity contribution in [3.8, 4) is 5.75 Å². The highest BCUT2D eigenvalue weighted by atomic mass is 32.1. The van der Waals surface area contributed by atoms with Crippen molar-refractivity contribution in [2.75, 3.05) is 7.11 Å². The third kappa shape index (κ3) is 5.19. The number of ether oxygens (including phenoxy) is 1. The predicted molar refractivity (Wildman–Crippen MR) is 87.4 cm³/mol. The molecule has 0 unspecified atom stereocenters. The highest BCUT2D eigenvalue weighted by Crippen LogP contribution is 2.10. The van der Waals surface area contributed by atoms with E-state index in [1.165, 1.54) is 0 Å². The average molecular weight is 300 g/mol. The van der Waals surface area contributed by atoms with Gasteiger partial charge in [0.1, 0.15) is 5.75 Å². The van der Waals surface area contributed by atoms with E-state index in [4.69, 9.17) is 17.0 Å². The standard InChI is InChI=1S/C15H16N4OS/c1-20-14-4-2-12(3-5-14)10-17-15(21)19-18-11-13-6-8-16-9-7-13/h2-9,11H,10H2,1H3,(H2,17,19,21)/b18-11-. The van der Waals surface area contributed by atoms with E-state index in [0.717, 1.165) is 16.9 Å². The van der Waals surface area contributed by atoms with E-state index in [9.17, 15) is 0 Å². The fourth-order valence-electron chi connectivity index (χ4n) is 1.58. The molecule has 21 heavy (non-hydrogen) atoms. The zero-order valence-corrected chi connectivity index (χ0v) is 12.4. The predicted octanol–water partition coefficient (Wildman–Crippen LogP) is 2.09. The molecule has 0 aliphatic heterocycles. The zero-order valence-electron chi connectivity index (χ0n) is 11.6. The molecule has 0 bridgehead atoms. The van der Waals surface area contributed by atoms with Crippen LogP contribution in [0.25, 0.3) is 0 Å². The van der Waals surface area contributed by atoms with Crippen LogP contribution in [0.4, 0.5) is 0 Å². The fraction of sp³-hybridized carbons (Fsp3) is 0.133. The topological polar surface area (TPSA) is 58.5 Å². The van der Waals surface area contributed by atoms with Gasteiger partial charge in [-0.1, -0.05) is 12.1 Å². The summed E-state index contributed by atoms with van der Waals surface area (Å²) in [7, 11) is 1.65. The third-order valence-electron chi connectivity index (χ3n) is 2.70. The summed E-state index contributed by atoms with van der Waals surface area (Å²) in [6.07, 6.45) is 5.10. The Bertz CT molecular complexity index is 599. The molecule has 5 nitrogen and oxygen atoms in total. The third-order valence-corrected chi connectivity index (χ3v) is 2.93. The van der Waals surface area contributed by atoms with Crippen molar-refractivity contribution in [1.29, 1.82) is 0 Å². The maximum absolute atomic E-state index is 5.14. The van der Waals surface area contributed by atoms with Gasteiger partial charge < -0.3 is 10.1 Å². The van der Waals surface area contributed by atoms with E-state index >= 15 is 0 Å². The van der Waals surface area contributed by atoms with Gasteiger partial charge in [0, 0.05) is 18.9 Å². The summed E-state index contributed by atoms with van der Waals surface area (Å²) in [6.45, 7) is 0.626. The lowest BCUT2D eigenvalue weighted by Gasteiger charge is -2.07. The first-order chi connectivity index (χ1) is 10.3. The van der Waals surface area contributed by atoms with Crippen LogP contribution in [0.2, 0.25) is 0 Å². The second-order valence-corrected chi connectivity index (χ2v) is 4.59. The van der Waals surface area contributed by atoms with Crippen molar-refractivity contribution >= 4 is 23.5 Å². The van der Waals surface area contributed by atoms with E-state index in [1.807, 2.05) is 36.4 Å². The molecule has 0 atom stereocenters. The number of nitrogens with one attached hydrogen (secondary N) is 2. The maximum atomic E-state index is 5.14. The van der Waals surface area contributed by atoms with Crippen LogP contribution in [-0.4, -0.2) is 23.4 Å². The quantitative estimate of drug-likeness (QED) is 0.503. The Kier molecular flexibility index (Phi) is 5.66. The number of aromatic nitrogens is 1. The number of hydrogen-bond acceptors (Lipinski definition) is 4. The monoisotopic (exact) mass is 300 g/mol. The van der Waals surface area contributed by atoms with Crippen LogP contribution in [0.3, 0.4) is 0 Å². The van der Waals surface area contributed by atoms with Gasteiger partial charge >= 0.3 is 0 Å². The molecule has 1 aromatic heterocycles. The molecule has 0 radical (unpaired) electrons. The van der Waals surface area contributed by atoms with Crippen molar-refractivity contribution < 1.29 is 4.74 Å². The summed E-state index contributed by atoms with van der Waals surface area (Å²) in [5.41, 5.74) is 4.83. The molecule has 0 spiro atoms. The number of pyridine rings is 1. The first kappa shape index (κ1) is 14.9. The number of thiocarbonyl (C=S) groups is 1. The Labute approximate surface area is 129 Å².